The number of aryl methyl sites for hydroxylation is 1. The summed E-state index contributed by atoms with van der Waals surface area (Å²) < 4.78 is 10.0. The molecule has 0 spiro atoms. The molecule has 21 heavy (non-hydrogen) atoms. The minimum Gasteiger partial charge on any atom is -0.496 e. The van der Waals surface area contributed by atoms with Crippen LogP contribution in [0.1, 0.15) is 27.9 Å². The van der Waals surface area contributed by atoms with Crippen LogP contribution < -0.4 is 4.74 Å². The molecule has 0 aliphatic carbocycles. The van der Waals surface area contributed by atoms with E-state index in [1.54, 1.807) is 31.5 Å². The topological polar surface area (TPSA) is 55.8 Å². The van der Waals surface area contributed by atoms with Crippen LogP contribution in [0.15, 0.2) is 24.4 Å². The van der Waals surface area contributed by atoms with Gasteiger partial charge >= 0.3 is 5.97 Å². The van der Waals surface area contributed by atoms with Crippen molar-refractivity contribution in [3.63, 3.8) is 0 Å². The lowest BCUT2D eigenvalue weighted by Gasteiger charge is -2.22. The van der Waals surface area contributed by atoms with Crippen LogP contribution in [0.5, 0.6) is 5.75 Å². The first-order valence-corrected chi connectivity index (χ1v) is 6.72. The molecule has 1 aliphatic rings. The number of hydrogen-bond donors (Lipinski definition) is 0. The van der Waals surface area contributed by atoms with Gasteiger partial charge in [0, 0.05) is 11.8 Å². The van der Waals surface area contributed by atoms with Crippen LogP contribution in [-0.2, 0) is 9.53 Å². The van der Waals surface area contributed by atoms with Gasteiger partial charge < -0.3 is 14.4 Å². The molecular formula is C16H19NO4. The minimum atomic E-state index is -0.588. The summed E-state index contributed by atoms with van der Waals surface area (Å²) in [5.74, 6) is 0.0147. The largest absolute Gasteiger partial charge is 0.496 e. The van der Waals surface area contributed by atoms with E-state index in [0.29, 0.717) is 17.7 Å². The van der Waals surface area contributed by atoms with Gasteiger partial charge in [-0.05, 0) is 43.5 Å². The second kappa shape index (κ2) is 5.99. The van der Waals surface area contributed by atoms with Crippen LogP contribution in [0.2, 0.25) is 0 Å². The molecule has 1 aromatic carbocycles. The normalized spacial score (nSPS) is 17.0. The van der Waals surface area contributed by atoms with E-state index in [-0.39, 0.29) is 5.91 Å². The monoisotopic (exact) mass is 289 g/mol. The second-order valence-electron chi connectivity index (χ2n) is 4.99. The Balaban J connectivity index is 2.34. The molecule has 0 bridgehead atoms. The van der Waals surface area contributed by atoms with Crippen molar-refractivity contribution < 1.29 is 19.1 Å². The summed E-state index contributed by atoms with van der Waals surface area (Å²) in [5.41, 5.74) is 2.46. The lowest BCUT2D eigenvalue weighted by atomic mass is 10.0. The van der Waals surface area contributed by atoms with Crippen LogP contribution >= 0.6 is 0 Å². The Bertz CT molecular complexity index is 607. The van der Waals surface area contributed by atoms with Crippen LogP contribution in [0, 0.1) is 13.8 Å². The highest BCUT2D eigenvalue weighted by Crippen LogP contribution is 2.26. The zero-order valence-electron chi connectivity index (χ0n) is 12.7. The van der Waals surface area contributed by atoms with Gasteiger partial charge in [0.15, 0.2) is 0 Å². The molecule has 112 valence electrons. The number of carbonyl (C=O) groups is 2. The third-order valence-electron chi connectivity index (χ3n) is 3.76. The molecular weight excluding hydrogens is 270 g/mol. The maximum Gasteiger partial charge on any atom is 0.329 e. The first-order valence-electron chi connectivity index (χ1n) is 6.72. The van der Waals surface area contributed by atoms with Gasteiger partial charge in [-0.1, -0.05) is 6.08 Å². The van der Waals surface area contributed by atoms with Gasteiger partial charge in [-0.2, -0.15) is 0 Å². The highest BCUT2D eigenvalue weighted by atomic mass is 16.5. The average Bonchev–Trinajstić information content (AvgIpc) is 2.97. The Labute approximate surface area is 124 Å². The molecule has 0 saturated carbocycles. The Morgan fingerprint density at radius 1 is 1.24 bits per heavy atom. The van der Waals surface area contributed by atoms with Crippen molar-refractivity contribution in [2.75, 3.05) is 14.2 Å². The summed E-state index contributed by atoms with van der Waals surface area (Å²) in [6, 6.07) is 2.92. The molecule has 0 radical (unpaired) electrons. The van der Waals surface area contributed by atoms with Crippen molar-refractivity contribution in [2.45, 2.75) is 26.3 Å². The molecule has 0 fully saturated rings. The van der Waals surface area contributed by atoms with Crippen molar-refractivity contribution in [3.8, 4) is 5.75 Å². The van der Waals surface area contributed by atoms with E-state index in [0.717, 1.165) is 11.1 Å². The fourth-order valence-corrected chi connectivity index (χ4v) is 2.39. The van der Waals surface area contributed by atoms with E-state index in [2.05, 4.69) is 0 Å². The van der Waals surface area contributed by atoms with Crippen molar-refractivity contribution in [3.05, 3.63) is 41.1 Å². The Morgan fingerprint density at radius 2 is 1.95 bits per heavy atom. The molecule has 5 nitrogen and oxygen atoms in total. The van der Waals surface area contributed by atoms with Crippen LogP contribution in [0.4, 0.5) is 0 Å². The van der Waals surface area contributed by atoms with Gasteiger partial charge in [0.2, 0.25) is 0 Å². The number of amides is 1. The molecule has 2 rings (SSSR count). The van der Waals surface area contributed by atoms with E-state index >= 15 is 0 Å². The molecule has 1 aromatic rings. The second-order valence-corrected chi connectivity index (χ2v) is 4.99. The molecule has 0 aromatic heterocycles. The maximum atomic E-state index is 12.6. The van der Waals surface area contributed by atoms with Crippen molar-refractivity contribution >= 4 is 11.9 Å². The summed E-state index contributed by atoms with van der Waals surface area (Å²) in [6.45, 7) is 3.86. The third kappa shape index (κ3) is 2.77. The lowest BCUT2D eigenvalue weighted by Crippen LogP contribution is -2.39. The predicted octanol–water partition coefficient (Wildman–Crippen LogP) is 2.21. The summed E-state index contributed by atoms with van der Waals surface area (Å²) in [6.07, 6.45) is 3.89. The fraction of sp³-hybridized carbons (Fsp3) is 0.375. The van der Waals surface area contributed by atoms with Crippen LogP contribution in [-0.4, -0.2) is 37.0 Å². The standard InChI is InChI=1S/C16H19NO4/c1-10-8-12(9-14(20-3)11(10)2)15(18)17-7-5-6-13(17)16(19)21-4/h5,7-9,13H,6H2,1-4H3/t13-/m0/s1. The quantitative estimate of drug-likeness (QED) is 0.801. The Hall–Kier alpha value is -2.30. The predicted molar refractivity (Wildman–Crippen MR) is 78.2 cm³/mol. The van der Waals surface area contributed by atoms with E-state index < -0.39 is 12.0 Å². The number of methoxy groups -OCH3 is 2. The van der Waals surface area contributed by atoms with Crippen molar-refractivity contribution in [1.29, 1.82) is 0 Å². The highest BCUT2D eigenvalue weighted by molar-refractivity contribution is 5.98. The number of benzene rings is 1. The number of carbonyl (C=O) groups excluding carboxylic acids is 2. The minimum absolute atomic E-state index is 0.236. The first-order chi connectivity index (χ1) is 9.99. The van der Waals surface area contributed by atoms with Crippen molar-refractivity contribution in [1.82, 2.24) is 4.90 Å². The smallest absolute Gasteiger partial charge is 0.329 e. The van der Waals surface area contributed by atoms with E-state index in [1.165, 1.54) is 12.0 Å². The van der Waals surface area contributed by atoms with Gasteiger partial charge in [0.1, 0.15) is 11.8 Å². The molecule has 1 atom stereocenters. The van der Waals surface area contributed by atoms with Gasteiger partial charge in [-0.15, -0.1) is 0 Å². The maximum absolute atomic E-state index is 12.6. The highest BCUT2D eigenvalue weighted by Gasteiger charge is 2.32. The fourth-order valence-electron chi connectivity index (χ4n) is 2.39. The van der Waals surface area contributed by atoms with E-state index in [1.807, 2.05) is 13.8 Å². The average molecular weight is 289 g/mol. The molecule has 0 unspecified atom stereocenters. The third-order valence-corrected chi connectivity index (χ3v) is 3.76. The molecule has 1 amide bonds. The van der Waals surface area contributed by atoms with Crippen molar-refractivity contribution in [2.24, 2.45) is 0 Å². The van der Waals surface area contributed by atoms with E-state index in [9.17, 15) is 9.59 Å². The number of hydrogen-bond acceptors (Lipinski definition) is 4. The van der Waals surface area contributed by atoms with Crippen LogP contribution in [0.25, 0.3) is 0 Å². The van der Waals surface area contributed by atoms with Gasteiger partial charge in [-0.3, -0.25) is 4.79 Å². The number of esters is 1. The van der Waals surface area contributed by atoms with Gasteiger partial charge in [-0.25, -0.2) is 4.79 Å². The molecule has 5 heteroatoms. The van der Waals surface area contributed by atoms with Crippen LogP contribution in [0.3, 0.4) is 0 Å². The van der Waals surface area contributed by atoms with Gasteiger partial charge in [0.05, 0.1) is 14.2 Å². The van der Waals surface area contributed by atoms with Gasteiger partial charge in [0.25, 0.3) is 5.91 Å². The zero-order chi connectivity index (χ0) is 15.6. The van der Waals surface area contributed by atoms with E-state index in [4.69, 9.17) is 9.47 Å². The number of nitrogens with zero attached hydrogens (tertiary/aromatic N) is 1. The Kier molecular flexibility index (Phi) is 4.31. The first kappa shape index (κ1) is 15.1. The number of rotatable bonds is 3. The summed E-state index contributed by atoms with van der Waals surface area (Å²) >= 11 is 0. The molecule has 0 saturated heterocycles. The molecule has 1 aliphatic heterocycles. The number of ether oxygens (including phenoxy) is 2. The summed E-state index contributed by atoms with van der Waals surface area (Å²) in [4.78, 5) is 25.8. The lowest BCUT2D eigenvalue weighted by molar-refractivity contribution is -0.144. The summed E-state index contributed by atoms with van der Waals surface area (Å²) in [5, 5.41) is 0. The summed E-state index contributed by atoms with van der Waals surface area (Å²) in [7, 11) is 2.89. The molecule has 1 heterocycles. The SMILES string of the molecule is COC(=O)[C@@H]1CC=CN1C(=O)c1cc(C)c(C)c(OC)c1. The molecule has 0 N–H and O–H groups in total. The Morgan fingerprint density at radius 3 is 2.57 bits per heavy atom. The zero-order valence-corrected chi connectivity index (χ0v) is 12.7.